The Kier molecular flexibility index (Phi) is 4.32. The molecule has 4 heteroatoms. The molecule has 0 saturated carbocycles. The third kappa shape index (κ3) is 3.41. The molecule has 19 heavy (non-hydrogen) atoms. The first-order valence-corrected chi connectivity index (χ1v) is 6.47. The smallest absolute Gasteiger partial charge is 0.340 e. The standard InChI is InChI=1S/C15H18O4/c1-10(2)13-8-12(16)9-18-15(13)19-14(17)11-6-4-3-5-7-11/h3-7,10,13,15H,8-9H2,1-2H3/t13-,15-/m0/s1. The molecule has 1 aliphatic heterocycles. The van der Waals surface area contributed by atoms with Crippen molar-refractivity contribution in [2.24, 2.45) is 11.8 Å². The minimum absolute atomic E-state index is 0.0238. The van der Waals surface area contributed by atoms with Crippen LogP contribution in [0.4, 0.5) is 0 Å². The van der Waals surface area contributed by atoms with Crippen LogP contribution in [0, 0.1) is 11.8 Å². The van der Waals surface area contributed by atoms with E-state index in [2.05, 4.69) is 0 Å². The summed E-state index contributed by atoms with van der Waals surface area (Å²) in [5, 5.41) is 0. The van der Waals surface area contributed by atoms with E-state index in [-0.39, 0.29) is 24.2 Å². The summed E-state index contributed by atoms with van der Waals surface area (Å²) >= 11 is 0. The number of hydrogen-bond acceptors (Lipinski definition) is 4. The fraction of sp³-hybridized carbons (Fsp3) is 0.467. The van der Waals surface area contributed by atoms with Crippen molar-refractivity contribution in [3.05, 3.63) is 35.9 Å². The van der Waals surface area contributed by atoms with Crippen LogP contribution in [0.15, 0.2) is 30.3 Å². The molecule has 1 heterocycles. The lowest BCUT2D eigenvalue weighted by atomic mass is 9.88. The molecule has 0 unspecified atom stereocenters. The van der Waals surface area contributed by atoms with Gasteiger partial charge in [-0.15, -0.1) is 0 Å². The first-order valence-electron chi connectivity index (χ1n) is 6.47. The number of ketones is 1. The Morgan fingerprint density at radius 1 is 1.32 bits per heavy atom. The number of carbonyl (C=O) groups excluding carboxylic acids is 2. The van der Waals surface area contributed by atoms with Crippen molar-refractivity contribution in [3.8, 4) is 0 Å². The first-order chi connectivity index (χ1) is 9.08. The average molecular weight is 262 g/mol. The molecule has 2 rings (SSSR count). The van der Waals surface area contributed by atoms with Gasteiger partial charge in [-0.1, -0.05) is 32.0 Å². The molecule has 0 aromatic heterocycles. The molecule has 2 atom stereocenters. The van der Waals surface area contributed by atoms with E-state index >= 15 is 0 Å². The van der Waals surface area contributed by atoms with Crippen molar-refractivity contribution in [3.63, 3.8) is 0 Å². The van der Waals surface area contributed by atoms with E-state index in [9.17, 15) is 9.59 Å². The third-order valence-corrected chi connectivity index (χ3v) is 3.31. The average Bonchev–Trinajstić information content (AvgIpc) is 2.41. The number of rotatable bonds is 3. The monoisotopic (exact) mass is 262 g/mol. The van der Waals surface area contributed by atoms with E-state index in [1.54, 1.807) is 24.3 Å². The molecule has 1 aliphatic rings. The number of benzene rings is 1. The largest absolute Gasteiger partial charge is 0.432 e. The summed E-state index contributed by atoms with van der Waals surface area (Å²) in [6.07, 6.45) is -0.227. The van der Waals surface area contributed by atoms with Crippen molar-refractivity contribution in [2.75, 3.05) is 6.61 Å². The zero-order chi connectivity index (χ0) is 13.8. The van der Waals surface area contributed by atoms with Crippen LogP contribution < -0.4 is 0 Å². The van der Waals surface area contributed by atoms with Crippen molar-refractivity contribution in [1.29, 1.82) is 0 Å². The van der Waals surface area contributed by atoms with Gasteiger partial charge in [0, 0.05) is 12.3 Å². The predicted octanol–water partition coefficient (Wildman–Crippen LogP) is 2.43. The van der Waals surface area contributed by atoms with Crippen LogP contribution in [0.5, 0.6) is 0 Å². The van der Waals surface area contributed by atoms with E-state index in [0.29, 0.717) is 12.0 Å². The van der Waals surface area contributed by atoms with Crippen LogP contribution in [-0.2, 0) is 14.3 Å². The normalized spacial score (nSPS) is 23.4. The molecule has 102 valence electrons. The molecule has 1 fully saturated rings. The van der Waals surface area contributed by atoms with Crippen LogP contribution >= 0.6 is 0 Å². The molecule has 1 saturated heterocycles. The number of hydrogen-bond donors (Lipinski definition) is 0. The van der Waals surface area contributed by atoms with E-state index in [1.165, 1.54) is 0 Å². The van der Waals surface area contributed by atoms with Crippen molar-refractivity contribution < 1.29 is 19.1 Å². The number of carbonyl (C=O) groups is 2. The molecule has 0 N–H and O–H groups in total. The highest BCUT2D eigenvalue weighted by Crippen LogP contribution is 2.27. The second kappa shape index (κ2) is 5.97. The lowest BCUT2D eigenvalue weighted by molar-refractivity contribution is -0.179. The zero-order valence-electron chi connectivity index (χ0n) is 11.2. The van der Waals surface area contributed by atoms with Gasteiger partial charge in [-0.05, 0) is 18.1 Å². The van der Waals surface area contributed by atoms with Gasteiger partial charge in [-0.25, -0.2) is 4.79 Å². The van der Waals surface area contributed by atoms with Crippen molar-refractivity contribution in [2.45, 2.75) is 26.6 Å². The number of Topliss-reactive ketones (excluding diaryl/α,β-unsaturated/α-hetero) is 1. The maximum Gasteiger partial charge on any atom is 0.340 e. The minimum atomic E-state index is -0.634. The summed E-state index contributed by atoms with van der Waals surface area (Å²) in [6, 6.07) is 8.79. The highest BCUT2D eigenvalue weighted by atomic mass is 16.7. The third-order valence-electron chi connectivity index (χ3n) is 3.31. The van der Waals surface area contributed by atoms with Gasteiger partial charge in [-0.2, -0.15) is 0 Å². The van der Waals surface area contributed by atoms with Crippen LogP contribution in [0.25, 0.3) is 0 Å². The lowest BCUT2D eigenvalue weighted by Crippen LogP contribution is -2.40. The summed E-state index contributed by atoms with van der Waals surface area (Å²) in [7, 11) is 0. The lowest BCUT2D eigenvalue weighted by Gasteiger charge is -2.32. The highest BCUT2D eigenvalue weighted by Gasteiger charge is 2.35. The molecular weight excluding hydrogens is 244 g/mol. The van der Waals surface area contributed by atoms with E-state index < -0.39 is 12.3 Å². The highest BCUT2D eigenvalue weighted by molar-refractivity contribution is 5.89. The fourth-order valence-corrected chi connectivity index (χ4v) is 2.14. The summed E-state index contributed by atoms with van der Waals surface area (Å²) < 4.78 is 10.7. The Labute approximate surface area is 112 Å². The second-order valence-corrected chi connectivity index (χ2v) is 5.10. The van der Waals surface area contributed by atoms with Gasteiger partial charge in [0.2, 0.25) is 6.29 Å². The Morgan fingerprint density at radius 3 is 2.63 bits per heavy atom. The molecule has 0 amide bonds. The Bertz CT molecular complexity index is 452. The Balaban J connectivity index is 2.05. The maximum absolute atomic E-state index is 12.0. The van der Waals surface area contributed by atoms with Crippen molar-refractivity contribution in [1.82, 2.24) is 0 Å². The number of esters is 1. The molecule has 0 bridgehead atoms. The van der Waals surface area contributed by atoms with Gasteiger partial charge < -0.3 is 9.47 Å². The molecular formula is C15H18O4. The van der Waals surface area contributed by atoms with Gasteiger partial charge in [0.1, 0.15) is 6.61 Å². The molecule has 1 aromatic rings. The zero-order valence-corrected chi connectivity index (χ0v) is 11.2. The van der Waals surface area contributed by atoms with Gasteiger partial charge in [0.25, 0.3) is 0 Å². The van der Waals surface area contributed by atoms with E-state index in [4.69, 9.17) is 9.47 Å². The van der Waals surface area contributed by atoms with Crippen LogP contribution in [0.2, 0.25) is 0 Å². The quantitative estimate of drug-likeness (QED) is 0.785. The molecule has 0 spiro atoms. The van der Waals surface area contributed by atoms with E-state index in [1.807, 2.05) is 19.9 Å². The SMILES string of the molecule is CC(C)[C@@H]1CC(=O)CO[C@H]1OC(=O)c1ccccc1. The van der Waals surface area contributed by atoms with Crippen LogP contribution in [0.3, 0.4) is 0 Å². The molecule has 4 nitrogen and oxygen atoms in total. The predicted molar refractivity (Wildman–Crippen MR) is 69.5 cm³/mol. The summed E-state index contributed by atoms with van der Waals surface area (Å²) in [5.41, 5.74) is 0.491. The Hall–Kier alpha value is -1.68. The van der Waals surface area contributed by atoms with Gasteiger partial charge in [0.05, 0.1) is 5.56 Å². The number of ether oxygens (including phenoxy) is 2. The molecule has 0 radical (unpaired) electrons. The topological polar surface area (TPSA) is 52.6 Å². The van der Waals surface area contributed by atoms with E-state index in [0.717, 1.165) is 0 Å². The minimum Gasteiger partial charge on any atom is -0.432 e. The van der Waals surface area contributed by atoms with Gasteiger partial charge in [-0.3, -0.25) is 4.79 Å². The summed E-state index contributed by atoms with van der Waals surface area (Å²) in [4.78, 5) is 23.4. The summed E-state index contributed by atoms with van der Waals surface area (Å²) in [6.45, 7) is 4.02. The van der Waals surface area contributed by atoms with Crippen molar-refractivity contribution >= 4 is 11.8 Å². The van der Waals surface area contributed by atoms with Crippen LogP contribution in [0.1, 0.15) is 30.6 Å². The molecule has 0 aliphatic carbocycles. The molecule has 1 aromatic carbocycles. The Morgan fingerprint density at radius 2 is 2.00 bits per heavy atom. The van der Waals surface area contributed by atoms with Gasteiger partial charge in [0.15, 0.2) is 5.78 Å². The maximum atomic E-state index is 12.0. The first kappa shape index (κ1) is 13.7. The fourth-order valence-electron chi connectivity index (χ4n) is 2.14. The summed E-state index contributed by atoms with van der Waals surface area (Å²) in [5.74, 6) is -0.206. The van der Waals surface area contributed by atoms with Crippen LogP contribution in [-0.4, -0.2) is 24.6 Å². The second-order valence-electron chi connectivity index (χ2n) is 5.10. The van der Waals surface area contributed by atoms with Gasteiger partial charge >= 0.3 is 5.97 Å².